The highest BCUT2D eigenvalue weighted by molar-refractivity contribution is 5.96. The average molecular weight is 254 g/mol. The summed E-state index contributed by atoms with van der Waals surface area (Å²) < 4.78 is 26.9. The van der Waals surface area contributed by atoms with Gasteiger partial charge in [-0.3, -0.25) is 4.79 Å². The minimum Gasteiger partial charge on any atom is -0.411 e. The molecule has 0 radical (unpaired) electrons. The first-order chi connectivity index (χ1) is 8.63. The number of benzene rings is 1. The van der Waals surface area contributed by atoms with Gasteiger partial charge in [-0.1, -0.05) is 11.2 Å². The zero-order valence-electron chi connectivity index (χ0n) is 9.57. The lowest BCUT2D eigenvalue weighted by Gasteiger charge is -2.27. The molecule has 1 N–H and O–H groups in total. The third-order valence-corrected chi connectivity index (χ3v) is 2.95. The molecule has 1 aromatic rings. The molecule has 0 spiro atoms. The monoisotopic (exact) mass is 254 g/mol. The van der Waals surface area contributed by atoms with Gasteiger partial charge in [0.15, 0.2) is 0 Å². The van der Waals surface area contributed by atoms with Crippen LogP contribution in [-0.4, -0.2) is 34.8 Å². The van der Waals surface area contributed by atoms with Crippen LogP contribution in [0.1, 0.15) is 23.2 Å². The first-order valence-electron chi connectivity index (χ1n) is 5.56. The summed E-state index contributed by atoms with van der Waals surface area (Å²) in [6, 6.07) is 3.33. The number of carbonyl (C=O) groups is 1. The molecule has 1 amide bonds. The van der Waals surface area contributed by atoms with Crippen molar-refractivity contribution in [3.8, 4) is 0 Å². The molecule has 1 heterocycles. The minimum absolute atomic E-state index is 0.298. The topological polar surface area (TPSA) is 52.9 Å². The molecule has 1 saturated heterocycles. The maximum atomic E-state index is 13.4. The van der Waals surface area contributed by atoms with Crippen LogP contribution in [0.3, 0.4) is 0 Å². The lowest BCUT2D eigenvalue weighted by Crippen LogP contribution is -2.39. The van der Waals surface area contributed by atoms with Gasteiger partial charge >= 0.3 is 0 Å². The van der Waals surface area contributed by atoms with Gasteiger partial charge in [-0.15, -0.1) is 0 Å². The molecule has 6 heteroatoms. The second-order valence-electron chi connectivity index (χ2n) is 4.06. The SMILES string of the molecule is O=C(c1c(F)cccc1F)N1CCC(=NO)CC1. The normalized spacial score (nSPS) is 15.7. The summed E-state index contributed by atoms with van der Waals surface area (Å²) in [4.78, 5) is 13.3. The van der Waals surface area contributed by atoms with Gasteiger partial charge < -0.3 is 10.1 Å². The number of likely N-dealkylation sites (tertiary alicyclic amines) is 1. The molecule has 2 rings (SSSR count). The third-order valence-electron chi connectivity index (χ3n) is 2.95. The number of nitrogens with zero attached hydrogens (tertiary/aromatic N) is 2. The number of amides is 1. The minimum atomic E-state index is -0.860. The third kappa shape index (κ3) is 2.32. The van der Waals surface area contributed by atoms with E-state index in [1.807, 2.05) is 0 Å². The van der Waals surface area contributed by atoms with Crippen LogP contribution in [0.25, 0.3) is 0 Å². The van der Waals surface area contributed by atoms with Crippen LogP contribution in [0.2, 0.25) is 0 Å². The summed E-state index contributed by atoms with van der Waals surface area (Å²) in [7, 11) is 0. The highest BCUT2D eigenvalue weighted by Gasteiger charge is 2.25. The number of rotatable bonds is 1. The number of carbonyl (C=O) groups excluding carboxylic acids is 1. The Balaban J connectivity index is 2.18. The molecule has 0 bridgehead atoms. The molecule has 1 fully saturated rings. The lowest BCUT2D eigenvalue weighted by atomic mass is 10.1. The number of halogens is 2. The Morgan fingerprint density at radius 1 is 1.22 bits per heavy atom. The van der Waals surface area contributed by atoms with Crippen molar-refractivity contribution in [3.05, 3.63) is 35.4 Å². The number of hydrogen-bond acceptors (Lipinski definition) is 3. The number of hydrogen-bond donors (Lipinski definition) is 1. The molecule has 0 aliphatic carbocycles. The second kappa shape index (κ2) is 5.12. The zero-order chi connectivity index (χ0) is 13.1. The van der Waals surface area contributed by atoms with Crippen LogP contribution in [0.15, 0.2) is 23.4 Å². The fourth-order valence-corrected chi connectivity index (χ4v) is 1.93. The Morgan fingerprint density at radius 3 is 2.28 bits per heavy atom. The molecule has 1 aliphatic rings. The van der Waals surface area contributed by atoms with E-state index < -0.39 is 23.1 Å². The molecule has 96 valence electrons. The van der Waals surface area contributed by atoms with Gasteiger partial charge in [0, 0.05) is 25.9 Å². The summed E-state index contributed by atoms with van der Waals surface area (Å²) in [5.74, 6) is -2.38. The molecule has 0 saturated carbocycles. The standard InChI is InChI=1S/C12H12F2N2O2/c13-9-2-1-3-10(14)11(9)12(17)16-6-4-8(15-18)5-7-16/h1-3,18H,4-7H2. The first kappa shape index (κ1) is 12.5. The van der Waals surface area contributed by atoms with Crippen LogP contribution in [0.4, 0.5) is 8.78 Å². The first-order valence-corrected chi connectivity index (χ1v) is 5.56. The van der Waals surface area contributed by atoms with Crippen LogP contribution in [0.5, 0.6) is 0 Å². The van der Waals surface area contributed by atoms with Crippen molar-refractivity contribution >= 4 is 11.6 Å². The van der Waals surface area contributed by atoms with Gasteiger partial charge in [0.1, 0.15) is 17.2 Å². The van der Waals surface area contributed by atoms with Gasteiger partial charge in [-0.2, -0.15) is 0 Å². The lowest BCUT2D eigenvalue weighted by molar-refractivity contribution is 0.0744. The van der Waals surface area contributed by atoms with Crippen molar-refractivity contribution < 1.29 is 18.8 Å². The average Bonchev–Trinajstić information content (AvgIpc) is 2.38. The fraction of sp³-hybridized carbons (Fsp3) is 0.333. The number of oxime groups is 1. The van der Waals surface area contributed by atoms with Crippen LogP contribution < -0.4 is 0 Å². The Morgan fingerprint density at radius 2 is 1.78 bits per heavy atom. The van der Waals surface area contributed by atoms with Crippen molar-refractivity contribution in [1.29, 1.82) is 0 Å². The van der Waals surface area contributed by atoms with E-state index in [4.69, 9.17) is 5.21 Å². The highest BCUT2D eigenvalue weighted by atomic mass is 19.1. The Kier molecular flexibility index (Phi) is 3.55. The molecule has 1 aliphatic heterocycles. The number of piperidine rings is 1. The van der Waals surface area contributed by atoms with Gasteiger partial charge in [-0.25, -0.2) is 8.78 Å². The molecule has 4 nitrogen and oxygen atoms in total. The maximum absolute atomic E-state index is 13.4. The van der Waals surface area contributed by atoms with E-state index >= 15 is 0 Å². The Hall–Kier alpha value is -1.98. The van der Waals surface area contributed by atoms with Crippen molar-refractivity contribution in [2.45, 2.75) is 12.8 Å². The summed E-state index contributed by atoms with van der Waals surface area (Å²) in [5, 5.41) is 11.7. The van der Waals surface area contributed by atoms with E-state index in [9.17, 15) is 13.6 Å². The molecule has 0 unspecified atom stereocenters. The van der Waals surface area contributed by atoms with Gasteiger partial charge in [0.2, 0.25) is 0 Å². The molecule has 0 atom stereocenters. The van der Waals surface area contributed by atoms with Gasteiger partial charge in [-0.05, 0) is 12.1 Å². The van der Waals surface area contributed by atoms with Crippen LogP contribution in [-0.2, 0) is 0 Å². The summed E-state index contributed by atoms with van der Waals surface area (Å²) in [6.45, 7) is 0.595. The Labute approximate surface area is 103 Å². The molecule has 1 aromatic carbocycles. The van der Waals surface area contributed by atoms with E-state index in [1.54, 1.807) is 0 Å². The predicted molar refractivity (Wildman–Crippen MR) is 60.7 cm³/mol. The second-order valence-corrected chi connectivity index (χ2v) is 4.06. The molecular formula is C12H12F2N2O2. The van der Waals surface area contributed by atoms with E-state index in [0.717, 1.165) is 12.1 Å². The molecular weight excluding hydrogens is 242 g/mol. The van der Waals surface area contributed by atoms with E-state index in [0.29, 0.717) is 31.6 Å². The summed E-state index contributed by atoms with van der Waals surface area (Å²) in [5.41, 5.74) is 0.0648. The molecule has 0 aromatic heterocycles. The van der Waals surface area contributed by atoms with Gasteiger partial charge in [0.05, 0.1) is 5.71 Å². The van der Waals surface area contributed by atoms with Crippen molar-refractivity contribution in [2.75, 3.05) is 13.1 Å². The largest absolute Gasteiger partial charge is 0.411 e. The van der Waals surface area contributed by atoms with Gasteiger partial charge in [0.25, 0.3) is 5.91 Å². The quantitative estimate of drug-likeness (QED) is 0.616. The van der Waals surface area contributed by atoms with Crippen molar-refractivity contribution in [1.82, 2.24) is 4.90 Å². The fourth-order valence-electron chi connectivity index (χ4n) is 1.93. The highest BCUT2D eigenvalue weighted by Crippen LogP contribution is 2.17. The maximum Gasteiger partial charge on any atom is 0.259 e. The summed E-state index contributed by atoms with van der Waals surface area (Å²) in [6.07, 6.45) is 0.830. The summed E-state index contributed by atoms with van der Waals surface area (Å²) >= 11 is 0. The van der Waals surface area contributed by atoms with Crippen molar-refractivity contribution in [2.24, 2.45) is 5.16 Å². The van der Waals surface area contributed by atoms with E-state index in [1.165, 1.54) is 11.0 Å². The van der Waals surface area contributed by atoms with Crippen LogP contribution >= 0.6 is 0 Å². The predicted octanol–water partition coefficient (Wildman–Crippen LogP) is 2.03. The van der Waals surface area contributed by atoms with Crippen LogP contribution in [0, 0.1) is 11.6 Å². The Bertz CT molecular complexity index is 473. The van der Waals surface area contributed by atoms with Crippen molar-refractivity contribution in [3.63, 3.8) is 0 Å². The zero-order valence-corrected chi connectivity index (χ0v) is 9.57. The van der Waals surface area contributed by atoms with E-state index in [2.05, 4.69) is 5.16 Å². The van der Waals surface area contributed by atoms with E-state index in [-0.39, 0.29) is 0 Å². The smallest absolute Gasteiger partial charge is 0.259 e. The molecule has 18 heavy (non-hydrogen) atoms.